The summed E-state index contributed by atoms with van der Waals surface area (Å²) in [5, 5.41) is 14.4. The summed E-state index contributed by atoms with van der Waals surface area (Å²) in [4.78, 5) is 14.6. The predicted octanol–water partition coefficient (Wildman–Crippen LogP) is 2.87. The Bertz CT molecular complexity index is 658. The van der Waals surface area contributed by atoms with Crippen LogP contribution in [0.15, 0.2) is 42.5 Å². The summed E-state index contributed by atoms with van der Waals surface area (Å²) in [5.74, 6) is 0.501. The van der Waals surface area contributed by atoms with Crippen LogP contribution in [0.3, 0.4) is 0 Å². The minimum Gasteiger partial charge on any atom is -0.396 e. The highest BCUT2D eigenvalue weighted by molar-refractivity contribution is 6.02. The van der Waals surface area contributed by atoms with Gasteiger partial charge in [-0.25, -0.2) is 0 Å². The monoisotopic (exact) mass is 312 g/mol. The Morgan fingerprint density at radius 3 is 2.65 bits per heavy atom. The molecular formula is C19H24N2O2. The van der Waals surface area contributed by atoms with Gasteiger partial charge in [-0.15, -0.1) is 0 Å². The van der Waals surface area contributed by atoms with Crippen LogP contribution in [0, 0.1) is 5.92 Å². The molecule has 1 fully saturated rings. The molecule has 1 aliphatic rings. The summed E-state index contributed by atoms with van der Waals surface area (Å²) in [6.45, 7) is 3.03. The van der Waals surface area contributed by atoms with Gasteiger partial charge in [-0.3, -0.25) is 4.79 Å². The average Bonchev–Trinajstić information content (AvgIpc) is 2.61. The highest BCUT2D eigenvalue weighted by atomic mass is 16.3. The van der Waals surface area contributed by atoms with Gasteiger partial charge in [0, 0.05) is 30.6 Å². The van der Waals surface area contributed by atoms with E-state index in [0.29, 0.717) is 12.3 Å². The number of benzene rings is 2. The maximum Gasteiger partial charge on any atom is 0.225 e. The molecule has 0 atom stereocenters. The Hall–Kier alpha value is -1.91. The third-order valence-electron chi connectivity index (χ3n) is 4.68. The zero-order valence-electron chi connectivity index (χ0n) is 13.4. The van der Waals surface area contributed by atoms with Gasteiger partial charge in [-0.2, -0.15) is 0 Å². The van der Waals surface area contributed by atoms with Crippen LogP contribution in [0.5, 0.6) is 0 Å². The van der Waals surface area contributed by atoms with Gasteiger partial charge in [0.25, 0.3) is 0 Å². The number of hydrogen-bond acceptors (Lipinski definition) is 3. The number of carbonyl (C=O) groups is 1. The molecule has 122 valence electrons. The number of carbonyl (C=O) groups excluding carboxylic acids is 1. The lowest BCUT2D eigenvalue weighted by Gasteiger charge is -2.30. The number of fused-ring (bicyclic) bond motifs is 1. The van der Waals surface area contributed by atoms with Gasteiger partial charge in [-0.05, 0) is 43.3 Å². The second-order valence-corrected chi connectivity index (χ2v) is 6.29. The van der Waals surface area contributed by atoms with E-state index in [2.05, 4.69) is 22.3 Å². The molecule has 1 heterocycles. The summed E-state index contributed by atoms with van der Waals surface area (Å²) in [6.07, 6.45) is 2.57. The van der Waals surface area contributed by atoms with Crippen LogP contribution in [0.4, 0.5) is 5.69 Å². The van der Waals surface area contributed by atoms with Gasteiger partial charge in [0.15, 0.2) is 0 Å². The molecule has 4 nitrogen and oxygen atoms in total. The summed E-state index contributed by atoms with van der Waals surface area (Å²) >= 11 is 0. The molecule has 0 radical (unpaired) electrons. The van der Waals surface area contributed by atoms with Gasteiger partial charge in [-0.1, -0.05) is 36.4 Å². The second kappa shape index (κ2) is 7.57. The van der Waals surface area contributed by atoms with E-state index >= 15 is 0 Å². The van der Waals surface area contributed by atoms with Crippen molar-refractivity contribution in [2.45, 2.75) is 19.3 Å². The van der Waals surface area contributed by atoms with Crippen molar-refractivity contribution < 1.29 is 9.90 Å². The quantitative estimate of drug-likeness (QED) is 0.892. The van der Waals surface area contributed by atoms with Gasteiger partial charge in [0.1, 0.15) is 0 Å². The number of rotatable bonds is 5. The van der Waals surface area contributed by atoms with Crippen molar-refractivity contribution in [3.05, 3.63) is 42.5 Å². The van der Waals surface area contributed by atoms with E-state index < -0.39 is 0 Å². The van der Waals surface area contributed by atoms with Gasteiger partial charge in [0.05, 0.1) is 0 Å². The van der Waals surface area contributed by atoms with Crippen LogP contribution in [-0.4, -0.2) is 42.2 Å². The van der Waals surface area contributed by atoms with Crippen LogP contribution in [0.1, 0.15) is 19.3 Å². The molecule has 0 aromatic heterocycles. The van der Waals surface area contributed by atoms with E-state index in [1.54, 1.807) is 0 Å². The zero-order valence-corrected chi connectivity index (χ0v) is 13.4. The number of aliphatic hydroxyl groups is 1. The molecule has 0 unspecified atom stereocenters. The van der Waals surface area contributed by atoms with Crippen molar-refractivity contribution in [2.75, 3.05) is 31.6 Å². The Labute approximate surface area is 137 Å². The first-order chi connectivity index (χ1) is 11.3. The lowest BCUT2D eigenvalue weighted by atomic mass is 9.98. The summed E-state index contributed by atoms with van der Waals surface area (Å²) in [5.41, 5.74) is 0.882. The minimum absolute atomic E-state index is 0.0608. The van der Waals surface area contributed by atoms with E-state index in [9.17, 15) is 4.79 Å². The number of amides is 1. The smallest absolute Gasteiger partial charge is 0.225 e. The van der Waals surface area contributed by atoms with Crippen LogP contribution < -0.4 is 5.32 Å². The highest BCUT2D eigenvalue weighted by Gasteiger charge is 2.18. The van der Waals surface area contributed by atoms with Crippen molar-refractivity contribution in [2.24, 2.45) is 5.92 Å². The van der Waals surface area contributed by atoms with E-state index in [-0.39, 0.29) is 12.5 Å². The Morgan fingerprint density at radius 2 is 1.87 bits per heavy atom. The fourth-order valence-electron chi connectivity index (χ4n) is 3.20. The molecule has 1 amide bonds. The molecule has 0 aliphatic carbocycles. The Kier molecular flexibility index (Phi) is 5.26. The Morgan fingerprint density at radius 1 is 1.13 bits per heavy atom. The molecule has 1 saturated heterocycles. The number of anilines is 1. The second-order valence-electron chi connectivity index (χ2n) is 6.29. The van der Waals surface area contributed by atoms with Crippen LogP contribution >= 0.6 is 0 Å². The normalized spacial score (nSPS) is 16.6. The molecule has 0 saturated carbocycles. The maximum atomic E-state index is 12.2. The van der Waals surface area contributed by atoms with E-state index in [1.165, 1.54) is 0 Å². The van der Waals surface area contributed by atoms with Crippen LogP contribution in [-0.2, 0) is 4.79 Å². The average molecular weight is 312 g/mol. The molecule has 4 heteroatoms. The van der Waals surface area contributed by atoms with Crippen LogP contribution in [0.25, 0.3) is 10.8 Å². The lowest BCUT2D eigenvalue weighted by molar-refractivity contribution is -0.116. The molecular weight excluding hydrogens is 288 g/mol. The number of likely N-dealkylation sites (tertiary alicyclic amines) is 1. The van der Waals surface area contributed by atoms with Gasteiger partial charge in [0.2, 0.25) is 5.91 Å². The summed E-state index contributed by atoms with van der Waals surface area (Å²) in [6, 6.07) is 14.1. The summed E-state index contributed by atoms with van der Waals surface area (Å²) < 4.78 is 0. The van der Waals surface area contributed by atoms with Crippen molar-refractivity contribution >= 4 is 22.4 Å². The molecule has 23 heavy (non-hydrogen) atoms. The SMILES string of the molecule is O=C(CCN1CCC(CO)CC1)Nc1cccc2ccccc12. The van der Waals surface area contributed by atoms with Crippen molar-refractivity contribution in [3.8, 4) is 0 Å². The van der Waals surface area contributed by atoms with Crippen molar-refractivity contribution in [1.82, 2.24) is 4.90 Å². The fraction of sp³-hybridized carbons (Fsp3) is 0.421. The zero-order chi connectivity index (χ0) is 16.1. The lowest BCUT2D eigenvalue weighted by Crippen LogP contribution is -2.36. The highest BCUT2D eigenvalue weighted by Crippen LogP contribution is 2.23. The molecule has 0 spiro atoms. The Balaban J connectivity index is 1.53. The summed E-state index contributed by atoms with van der Waals surface area (Å²) in [7, 11) is 0. The van der Waals surface area contributed by atoms with Gasteiger partial charge >= 0.3 is 0 Å². The first-order valence-corrected chi connectivity index (χ1v) is 8.37. The molecule has 2 N–H and O–H groups in total. The number of nitrogens with zero attached hydrogens (tertiary/aromatic N) is 1. The predicted molar refractivity (Wildman–Crippen MR) is 93.4 cm³/mol. The van der Waals surface area contributed by atoms with E-state index in [0.717, 1.165) is 48.9 Å². The molecule has 2 aromatic rings. The molecule has 0 bridgehead atoms. The van der Waals surface area contributed by atoms with Crippen LogP contribution in [0.2, 0.25) is 0 Å². The number of piperidine rings is 1. The molecule has 3 rings (SSSR count). The minimum atomic E-state index is 0.0608. The number of hydrogen-bond donors (Lipinski definition) is 2. The van der Waals surface area contributed by atoms with E-state index in [4.69, 9.17) is 5.11 Å². The third kappa shape index (κ3) is 4.09. The standard InChI is InChI=1S/C19H24N2O2/c22-14-15-8-11-21(12-9-15)13-10-19(23)20-18-7-3-5-16-4-1-2-6-17(16)18/h1-7,15,22H,8-14H2,(H,20,23). The first kappa shape index (κ1) is 16.0. The topological polar surface area (TPSA) is 52.6 Å². The largest absolute Gasteiger partial charge is 0.396 e. The van der Waals surface area contributed by atoms with Crippen molar-refractivity contribution in [3.63, 3.8) is 0 Å². The fourth-order valence-corrected chi connectivity index (χ4v) is 3.20. The molecule has 2 aromatic carbocycles. The number of aliphatic hydroxyl groups excluding tert-OH is 1. The first-order valence-electron chi connectivity index (χ1n) is 8.37. The van der Waals surface area contributed by atoms with Crippen molar-refractivity contribution in [1.29, 1.82) is 0 Å². The maximum absolute atomic E-state index is 12.2. The number of nitrogens with one attached hydrogen (secondary N) is 1. The third-order valence-corrected chi connectivity index (χ3v) is 4.68. The van der Waals surface area contributed by atoms with E-state index in [1.807, 2.05) is 30.3 Å². The van der Waals surface area contributed by atoms with Gasteiger partial charge < -0.3 is 15.3 Å². The molecule has 1 aliphatic heterocycles.